The Balaban J connectivity index is 2.30. The SMILES string of the molecule is C=C[C@@H](C)[C@@H](CCCCCCC)OC(=O)C[C@H](O[Si](C)(C)C(C)(C)C)[C@H](Cc1ccccc1)NC(=O)OCc1ccccc1. The van der Waals surface area contributed by atoms with Gasteiger partial charge in [-0.1, -0.05) is 127 Å². The number of ether oxygens (including phenoxy) is 2. The second-order valence-electron chi connectivity index (χ2n) is 13.4. The molecule has 2 aromatic carbocycles. The fourth-order valence-corrected chi connectivity index (χ4v) is 6.15. The monoisotopic (exact) mass is 623 g/mol. The van der Waals surface area contributed by atoms with E-state index in [0.29, 0.717) is 6.42 Å². The first kappa shape index (κ1) is 37.3. The molecular weight excluding hydrogens is 566 g/mol. The van der Waals surface area contributed by atoms with Gasteiger partial charge in [-0.3, -0.25) is 4.79 Å². The molecule has 0 fully saturated rings. The molecule has 0 aliphatic carbocycles. The molecule has 2 rings (SSSR count). The van der Waals surface area contributed by atoms with E-state index in [1.807, 2.05) is 73.7 Å². The lowest BCUT2D eigenvalue weighted by Gasteiger charge is -2.41. The molecule has 0 unspecified atom stereocenters. The first-order chi connectivity index (χ1) is 20.9. The molecular formula is C37H57NO5Si. The summed E-state index contributed by atoms with van der Waals surface area (Å²) in [5.74, 6) is -0.283. The summed E-state index contributed by atoms with van der Waals surface area (Å²) in [7, 11) is -2.36. The van der Waals surface area contributed by atoms with Gasteiger partial charge in [0, 0.05) is 5.92 Å². The maximum atomic E-state index is 13.6. The van der Waals surface area contributed by atoms with Crippen LogP contribution in [0.3, 0.4) is 0 Å². The van der Waals surface area contributed by atoms with E-state index in [2.05, 4.69) is 52.7 Å². The average Bonchev–Trinajstić information content (AvgIpc) is 2.98. The Bertz CT molecular complexity index is 1120. The number of unbranched alkanes of at least 4 members (excludes halogenated alkanes) is 4. The van der Waals surface area contributed by atoms with Crippen molar-refractivity contribution < 1.29 is 23.5 Å². The normalized spacial score (nSPS) is 14.6. The molecule has 44 heavy (non-hydrogen) atoms. The highest BCUT2D eigenvalue weighted by atomic mass is 28.4. The molecule has 4 atom stereocenters. The first-order valence-electron chi connectivity index (χ1n) is 16.4. The Labute approximate surface area is 268 Å². The maximum Gasteiger partial charge on any atom is 0.407 e. The Morgan fingerprint density at radius 1 is 0.909 bits per heavy atom. The summed E-state index contributed by atoms with van der Waals surface area (Å²) in [6, 6.07) is 19.0. The molecule has 0 heterocycles. The minimum Gasteiger partial charge on any atom is -0.462 e. The third kappa shape index (κ3) is 13.4. The molecule has 0 aliphatic rings. The second kappa shape index (κ2) is 18.8. The van der Waals surface area contributed by atoms with Gasteiger partial charge in [0.25, 0.3) is 0 Å². The number of carbonyl (C=O) groups is 2. The van der Waals surface area contributed by atoms with E-state index in [1.54, 1.807) is 0 Å². The van der Waals surface area contributed by atoms with Crippen LogP contribution >= 0.6 is 0 Å². The third-order valence-corrected chi connectivity index (χ3v) is 13.2. The van der Waals surface area contributed by atoms with Gasteiger partial charge >= 0.3 is 12.1 Å². The second-order valence-corrected chi connectivity index (χ2v) is 18.2. The molecule has 1 N–H and O–H groups in total. The quantitative estimate of drug-likeness (QED) is 0.0730. The molecule has 0 bridgehead atoms. The summed E-state index contributed by atoms with van der Waals surface area (Å²) >= 11 is 0. The van der Waals surface area contributed by atoms with Gasteiger partial charge in [0.2, 0.25) is 0 Å². The van der Waals surface area contributed by atoms with Crippen molar-refractivity contribution in [1.82, 2.24) is 5.32 Å². The summed E-state index contributed by atoms with van der Waals surface area (Å²) in [4.78, 5) is 26.8. The summed E-state index contributed by atoms with van der Waals surface area (Å²) in [5.41, 5.74) is 1.93. The lowest BCUT2D eigenvalue weighted by molar-refractivity contribution is -0.153. The molecule has 2 aromatic rings. The first-order valence-corrected chi connectivity index (χ1v) is 19.3. The van der Waals surface area contributed by atoms with Crippen LogP contribution in [0.4, 0.5) is 4.79 Å². The Hall–Kier alpha value is -2.90. The lowest BCUT2D eigenvalue weighted by atomic mass is 9.97. The summed E-state index contributed by atoms with van der Waals surface area (Å²) in [6.07, 6.45) is 7.51. The summed E-state index contributed by atoms with van der Waals surface area (Å²) < 4.78 is 18.7. The third-order valence-electron chi connectivity index (χ3n) is 8.72. The predicted molar refractivity (Wildman–Crippen MR) is 183 cm³/mol. The molecule has 6 nitrogen and oxygen atoms in total. The fraction of sp³-hybridized carbons (Fsp3) is 0.568. The zero-order valence-corrected chi connectivity index (χ0v) is 29.3. The summed E-state index contributed by atoms with van der Waals surface area (Å²) in [6.45, 7) is 19.2. The van der Waals surface area contributed by atoms with Gasteiger partial charge in [0.1, 0.15) is 12.7 Å². The van der Waals surface area contributed by atoms with Crippen LogP contribution in [0.25, 0.3) is 0 Å². The molecule has 0 spiro atoms. The molecule has 0 saturated heterocycles. The van der Waals surface area contributed by atoms with Crippen molar-refractivity contribution in [1.29, 1.82) is 0 Å². The largest absolute Gasteiger partial charge is 0.462 e. The van der Waals surface area contributed by atoms with Gasteiger partial charge < -0.3 is 19.2 Å². The van der Waals surface area contributed by atoms with Crippen molar-refractivity contribution >= 4 is 20.4 Å². The van der Waals surface area contributed by atoms with Gasteiger partial charge in [-0.2, -0.15) is 0 Å². The Kier molecular flexibility index (Phi) is 15.9. The van der Waals surface area contributed by atoms with E-state index in [4.69, 9.17) is 13.9 Å². The van der Waals surface area contributed by atoms with Crippen LogP contribution in [0.1, 0.15) is 90.7 Å². The van der Waals surface area contributed by atoms with Crippen molar-refractivity contribution in [2.45, 2.75) is 129 Å². The van der Waals surface area contributed by atoms with Crippen molar-refractivity contribution in [3.05, 3.63) is 84.4 Å². The summed E-state index contributed by atoms with van der Waals surface area (Å²) in [5, 5.41) is 2.97. The van der Waals surface area contributed by atoms with Crippen molar-refractivity contribution in [3.8, 4) is 0 Å². The van der Waals surface area contributed by atoms with Gasteiger partial charge in [0.05, 0.1) is 18.6 Å². The van der Waals surface area contributed by atoms with E-state index in [1.165, 1.54) is 19.3 Å². The number of hydrogen-bond donors (Lipinski definition) is 1. The van der Waals surface area contributed by atoms with Crippen LogP contribution < -0.4 is 5.32 Å². The molecule has 244 valence electrons. The van der Waals surface area contributed by atoms with Gasteiger partial charge in [-0.05, 0) is 48.5 Å². The van der Waals surface area contributed by atoms with Crippen molar-refractivity contribution in [2.75, 3.05) is 0 Å². The van der Waals surface area contributed by atoms with Crippen molar-refractivity contribution in [2.24, 2.45) is 5.92 Å². The zero-order chi connectivity index (χ0) is 32.6. The number of carbonyl (C=O) groups excluding carboxylic acids is 2. The average molecular weight is 624 g/mol. The molecule has 0 saturated carbocycles. The topological polar surface area (TPSA) is 73.9 Å². The van der Waals surface area contributed by atoms with Gasteiger partial charge in [-0.25, -0.2) is 4.79 Å². The number of benzene rings is 2. The zero-order valence-electron chi connectivity index (χ0n) is 28.3. The van der Waals surface area contributed by atoms with Gasteiger partial charge in [-0.15, -0.1) is 6.58 Å². The van der Waals surface area contributed by atoms with Gasteiger partial charge in [0.15, 0.2) is 8.32 Å². The maximum absolute atomic E-state index is 13.6. The van der Waals surface area contributed by atoms with E-state index in [9.17, 15) is 9.59 Å². The standard InChI is InChI=1S/C37H57NO5Si/c1-9-11-12-13-20-25-33(29(3)10-2)42-35(39)27-34(43-44(7,8)37(4,5)6)32(26-30-21-16-14-17-22-30)38-36(40)41-28-31-23-18-15-19-24-31/h10,14-19,21-24,29,32-34H,2,9,11-13,20,25-28H2,1,3-8H3,(H,38,40)/t29-,32+,33-,34+/m1/s1. The number of esters is 1. The Morgan fingerprint density at radius 3 is 2.07 bits per heavy atom. The van der Waals surface area contributed by atoms with Crippen LogP contribution in [-0.4, -0.2) is 38.6 Å². The predicted octanol–water partition coefficient (Wildman–Crippen LogP) is 9.40. The molecule has 1 amide bonds. The highest BCUT2D eigenvalue weighted by molar-refractivity contribution is 6.74. The molecule has 7 heteroatoms. The van der Waals surface area contributed by atoms with Crippen LogP contribution in [0, 0.1) is 5.92 Å². The Morgan fingerprint density at radius 2 is 1.50 bits per heavy atom. The lowest BCUT2D eigenvalue weighted by Crippen LogP contribution is -2.53. The number of hydrogen-bond acceptors (Lipinski definition) is 5. The fourth-order valence-electron chi connectivity index (χ4n) is 4.79. The van der Waals surface area contributed by atoms with E-state index in [0.717, 1.165) is 30.4 Å². The van der Waals surface area contributed by atoms with Crippen LogP contribution in [-0.2, 0) is 31.7 Å². The van der Waals surface area contributed by atoms with E-state index in [-0.39, 0.29) is 36.1 Å². The highest BCUT2D eigenvalue weighted by Crippen LogP contribution is 2.38. The number of alkyl carbamates (subject to hydrolysis) is 1. The minimum absolute atomic E-state index is 0.0270. The van der Waals surface area contributed by atoms with Crippen LogP contribution in [0.5, 0.6) is 0 Å². The molecule has 0 aromatic heterocycles. The smallest absolute Gasteiger partial charge is 0.407 e. The minimum atomic E-state index is -2.36. The van der Waals surface area contributed by atoms with Crippen LogP contribution in [0.2, 0.25) is 18.1 Å². The molecule has 0 aliphatic heterocycles. The highest BCUT2D eigenvalue weighted by Gasteiger charge is 2.42. The van der Waals surface area contributed by atoms with Crippen molar-refractivity contribution in [3.63, 3.8) is 0 Å². The number of nitrogens with one attached hydrogen (secondary N) is 1. The van der Waals surface area contributed by atoms with E-state index < -0.39 is 26.6 Å². The number of amides is 1. The number of rotatable bonds is 19. The van der Waals surface area contributed by atoms with Crippen LogP contribution in [0.15, 0.2) is 73.3 Å². The van der Waals surface area contributed by atoms with E-state index >= 15 is 0 Å². The molecule has 0 radical (unpaired) electrons.